The van der Waals surface area contributed by atoms with Crippen LogP contribution in [0.25, 0.3) is 50.2 Å². The van der Waals surface area contributed by atoms with Gasteiger partial charge in [0.1, 0.15) is 0 Å². The van der Waals surface area contributed by atoms with Crippen molar-refractivity contribution < 1.29 is 0 Å². The SMILES string of the molecule is C1=CC(N(c2ccc(C3C=CC(N(c4ccccc4)c4ccc5c(c4)c4ccccc4n5-c4ccccc4)=CC3)cc2)c2ccc3c(c2)c2c(n3-c3ccccc3)C=CCC2)=CCC1. The summed E-state index contributed by atoms with van der Waals surface area (Å²) in [5, 5.41) is 3.83. The number of benzene rings is 7. The molecule has 0 bridgehead atoms. The van der Waals surface area contributed by atoms with Crippen molar-refractivity contribution in [2.45, 2.75) is 38.0 Å². The Morgan fingerprint density at radius 1 is 0.422 bits per heavy atom. The van der Waals surface area contributed by atoms with Crippen LogP contribution in [0.2, 0.25) is 0 Å². The third-order valence-electron chi connectivity index (χ3n) is 13.3. The van der Waals surface area contributed by atoms with Crippen molar-refractivity contribution in [2.75, 3.05) is 9.80 Å². The molecule has 0 saturated carbocycles. The number of hydrogen-bond acceptors (Lipinski definition) is 2. The number of para-hydroxylation sites is 4. The molecule has 64 heavy (non-hydrogen) atoms. The molecule has 2 heterocycles. The number of nitrogens with zero attached hydrogens (tertiary/aromatic N) is 4. The van der Waals surface area contributed by atoms with E-state index in [0.29, 0.717) is 0 Å². The summed E-state index contributed by atoms with van der Waals surface area (Å²) in [5.41, 5.74) is 17.2. The van der Waals surface area contributed by atoms with Crippen LogP contribution in [-0.4, -0.2) is 9.13 Å². The second kappa shape index (κ2) is 16.1. The van der Waals surface area contributed by atoms with Crippen LogP contribution in [0.15, 0.2) is 230 Å². The monoisotopic (exact) mass is 824 g/mol. The van der Waals surface area contributed by atoms with Crippen LogP contribution in [0, 0.1) is 0 Å². The number of aromatic nitrogens is 2. The zero-order valence-electron chi connectivity index (χ0n) is 35.8. The lowest BCUT2D eigenvalue weighted by molar-refractivity contribution is 0.840. The molecule has 0 saturated heterocycles. The van der Waals surface area contributed by atoms with E-state index in [1.807, 2.05) is 0 Å². The van der Waals surface area contributed by atoms with Gasteiger partial charge in [0, 0.05) is 73.3 Å². The summed E-state index contributed by atoms with van der Waals surface area (Å²) in [5.74, 6) is 0.276. The number of anilines is 4. The van der Waals surface area contributed by atoms with Gasteiger partial charge in [-0.2, -0.15) is 0 Å². The molecule has 3 aliphatic carbocycles. The minimum Gasteiger partial charge on any atom is -0.311 e. The Bertz CT molecular complexity index is 3340. The lowest BCUT2D eigenvalue weighted by Gasteiger charge is -2.30. The highest BCUT2D eigenvalue weighted by molar-refractivity contribution is 6.10. The fraction of sp³-hybridized carbons (Fsp3) is 0.100. The number of fused-ring (bicyclic) bond motifs is 6. The first-order chi connectivity index (χ1) is 31.8. The second-order valence-corrected chi connectivity index (χ2v) is 17.1. The molecule has 1 atom stereocenters. The van der Waals surface area contributed by atoms with E-state index in [1.54, 1.807) is 0 Å². The molecule has 12 rings (SSSR count). The molecular formula is C60H48N4. The van der Waals surface area contributed by atoms with Crippen molar-refractivity contribution in [3.8, 4) is 11.4 Å². The molecule has 0 fully saturated rings. The lowest BCUT2D eigenvalue weighted by Crippen LogP contribution is -2.17. The van der Waals surface area contributed by atoms with Gasteiger partial charge in [-0.05, 0) is 152 Å². The Hall–Kier alpha value is -7.82. The average molecular weight is 825 g/mol. The van der Waals surface area contributed by atoms with Crippen LogP contribution in [0.3, 0.4) is 0 Å². The van der Waals surface area contributed by atoms with Crippen molar-refractivity contribution in [3.63, 3.8) is 0 Å². The molecular weight excluding hydrogens is 777 g/mol. The highest BCUT2D eigenvalue weighted by Crippen LogP contribution is 2.42. The summed E-state index contributed by atoms with van der Waals surface area (Å²) in [6.07, 6.45) is 23.9. The van der Waals surface area contributed by atoms with Crippen molar-refractivity contribution in [1.82, 2.24) is 9.13 Å². The zero-order valence-corrected chi connectivity index (χ0v) is 35.8. The summed E-state index contributed by atoms with van der Waals surface area (Å²) in [7, 11) is 0. The quantitative estimate of drug-likeness (QED) is 0.144. The molecule has 2 aromatic heterocycles. The number of allylic oxidation sites excluding steroid dienone is 7. The Kier molecular flexibility index (Phi) is 9.56. The van der Waals surface area contributed by atoms with Crippen LogP contribution in [0.1, 0.15) is 48.4 Å². The smallest absolute Gasteiger partial charge is 0.0542 e. The van der Waals surface area contributed by atoms with Crippen molar-refractivity contribution in [1.29, 1.82) is 0 Å². The standard InChI is InChI=1S/C60H48N4/c1-5-17-45(18-6-1)61(51-37-39-59-55(41-51)53-25-13-15-27-57(53)63(59)47-21-9-3-10-22-47)49-33-29-43(30-34-49)44-31-35-50(36-32-44)62(46-19-7-2-8-20-46)52-38-40-60-56(42-52)54-26-14-16-28-58(54)64(60)48-23-11-4-12-24-48/h1,3-7,9-13,15-25,27-29,31-43H,2,8,14,26,30H2. The fourth-order valence-electron chi connectivity index (χ4n) is 10.3. The van der Waals surface area contributed by atoms with Gasteiger partial charge >= 0.3 is 0 Å². The van der Waals surface area contributed by atoms with Crippen molar-refractivity contribution >= 4 is 61.5 Å². The van der Waals surface area contributed by atoms with Gasteiger partial charge in [0.15, 0.2) is 0 Å². The third kappa shape index (κ3) is 6.62. The molecule has 0 N–H and O–H groups in total. The minimum absolute atomic E-state index is 0.276. The number of hydrogen-bond donors (Lipinski definition) is 0. The van der Waals surface area contributed by atoms with Crippen LogP contribution in [-0.2, 0) is 6.42 Å². The van der Waals surface area contributed by atoms with E-state index >= 15 is 0 Å². The van der Waals surface area contributed by atoms with Crippen LogP contribution >= 0.6 is 0 Å². The van der Waals surface area contributed by atoms with Crippen molar-refractivity contribution in [3.05, 3.63) is 247 Å². The van der Waals surface area contributed by atoms with E-state index in [1.165, 1.54) is 83.7 Å². The first kappa shape index (κ1) is 37.9. The second-order valence-electron chi connectivity index (χ2n) is 17.1. The minimum atomic E-state index is 0.276. The third-order valence-corrected chi connectivity index (χ3v) is 13.3. The number of aryl methyl sites for hydroxylation is 1. The summed E-state index contributed by atoms with van der Waals surface area (Å²) in [6.45, 7) is 0. The molecule has 308 valence electrons. The summed E-state index contributed by atoms with van der Waals surface area (Å²) in [4.78, 5) is 4.86. The van der Waals surface area contributed by atoms with Crippen LogP contribution in [0.5, 0.6) is 0 Å². The highest BCUT2D eigenvalue weighted by Gasteiger charge is 2.24. The predicted molar refractivity (Wildman–Crippen MR) is 270 cm³/mol. The summed E-state index contributed by atoms with van der Waals surface area (Å²) < 4.78 is 4.82. The van der Waals surface area contributed by atoms with E-state index in [0.717, 1.165) is 43.5 Å². The van der Waals surface area contributed by atoms with Gasteiger partial charge in [0.05, 0.1) is 16.6 Å². The summed E-state index contributed by atoms with van der Waals surface area (Å²) >= 11 is 0. The van der Waals surface area contributed by atoms with Crippen LogP contribution in [0.4, 0.5) is 22.7 Å². The maximum absolute atomic E-state index is 2.45. The molecule has 7 aromatic carbocycles. The van der Waals surface area contributed by atoms with Gasteiger partial charge in [0.2, 0.25) is 0 Å². The summed E-state index contributed by atoms with van der Waals surface area (Å²) in [6, 6.07) is 64.3. The Labute approximate surface area is 374 Å². The normalized spacial score (nSPS) is 15.7. The van der Waals surface area contributed by atoms with E-state index in [-0.39, 0.29) is 5.92 Å². The Morgan fingerprint density at radius 3 is 1.69 bits per heavy atom. The first-order valence-corrected chi connectivity index (χ1v) is 22.8. The molecule has 1 unspecified atom stereocenters. The van der Waals surface area contributed by atoms with Gasteiger partial charge in [-0.15, -0.1) is 0 Å². The molecule has 4 heteroatoms. The van der Waals surface area contributed by atoms with Crippen molar-refractivity contribution in [2.24, 2.45) is 0 Å². The highest BCUT2D eigenvalue weighted by atomic mass is 15.2. The maximum Gasteiger partial charge on any atom is 0.0542 e. The van der Waals surface area contributed by atoms with E-state index in [2.05, 4.69) is 243 Å². The molecule has 0 aliphatic heterocycles. The topological polar surface area (TPSA) is 16.3 Å². The van der Waals surface area contributed by atoms with Gasteiger partial charge < -0.3 is 18.9 Å². The molecule has 0 spiro atoms. The molecule has 0 amide bonds. The van der Waals surface area contributed by atoms with Gasteiger partial charge in [0.25, 0.3) is 0 Å². The lowest BCUT2D eigenvalue weighted by atomic mass is 9.91. The zero-order chi connectivity index (χ0) is 42.4. The first-order valence-electron chi connectivity index (χ1n) is 22.8. The molecule has 9 aromatic rings. The van der Waals surface area contributed by atoms with Crippen LogP contribution < -0.4 is 9.80 Å². The molecule has 0 radical (unpaired) electrons. The fourth-order valence-corrected chi connectivity index (χ4v) is 10.3. The maximum atomic E-state index is 2.45. The van der Waals surface area contributed by atoms with Gasteiger partial charge in [-0.25, -0.2) is 0 Å². The van der Waals surface area contributed by atoms with E-state index in [4.69, 9.17) is 0 Å². The molecule has 4 nitrogen and oxygen atoms in total. The Balaban J connectivity index is 0.865. The Morgan fingerprint density at radius 2 is 1.00 bits per heavy atom. The number of rotatable bonds is 9. The average Bonchev–Trinajstić information content (AvgIpc) is 3.88. The van der Waals surface area contributed by atoms with E-state index in [9.17, 15) is 0 Å². The van der Waals surface area contributed by atoms with Gasteiger partial charge in [-0.1, -0.05) is 115 Å². The largest absolute Gasteiger partial charge is 0.311 e. The van der Waals surface area contributed by atoms with E-state index < -0.39 is 0 Å². The molecule has 3 aliphatic rings. The van der Waals surface area contributed by atoms with Gasteiger partial charge in [-0.3, -0.25) is 0 Å². The predicted octanol–water partition coefficient (Wildman–Crippen LogP) is 15.8.